The smallest absolute Gasteiger partial charge is 0.336 e. The van der Waals surface area contributed by atoms with Crippen LogP contribution < -0.4 is 5.63 Å². The highest BCUT2D eigenvalue weighted by atomic mass is 16.4. The quantitative estimate of drug-likeness (QED) is 0.480. The summed E-state index contributed by atoms with van der Waals surface area (Å²) in [5.74, 6) is 0. The van der Waals surface area contributed by atoms with Crippen molar-refractivity contribution in [2.24, 2.45) is 0 Å². The molecule has 4 rings (SSSR count). The van der Waals surface area contributed by atoms with Gasteiger partial charge in [-0.2, -0.15) is 0 Å². The molecule has 0 radical (unpaired) electrons. The van der Waals surface area contributed by atoms with Crippen molar-refractivity contribution in [3.63, 3.8) is 0 Å². The van der Waals surface area contributed by atoms with Gasteiger partial charge < -0.3 is 8.83 Å². The van der Waals surface area contributed by atoms with Crippen LogP contribution in [0.15, 0.2) is 68.4 Å². The van der Waals surface area contributed by atoms with Crippen LogP contribution in [0.2, 0.25) is 0 Å². The fourth-order valence-corrected chi connectivity index (χ4v) is 2.67. The largest absolute Gasteiger partial charge is 0.464 e. The van der Waals surface area contributed by atoms with Crippen molar-refractivity contribution in [1.82, 2.24) is 0 Å². The standard InChI is InChI=1S/C18H12O3/c1-11-10-20-16-9-17-15(7-13(11)16)14(8-18(19)21-17)12-5-3-2-4-6-12/h2-10H,1H3. The third-order valence-corrected chi connectivity index (χ3v) is 3.72. The second-order valence-electron chi connectivity index (χ2n) is 5.11. The van der Waals surface area contributed by atoms with Crippen LogP contribution in [-0.2, 0) is 0 Å². The number of fused-ring (bicyclic) bond motifs is 2. The molecule has 3 heteroatoms. The van der Waals surface area contributed by atoms with Crippen molar-refractivity contribution in [2.75, 3.05) is 0 Å². The predicted molar refractivity (Wildman–Crippen MR) is 82.4 cm³/mol. The molecule has 4 aromatic rings. The van der Waals surface area contributed by atoms with E-state index in [0.717, 1.165) is 33.0 Å². The van der Waals surface area contributed by atoms with Crippen molar-refractivity contribution in [3.05, 3.63) is 70.8 Å². The van der Waals surface area contributed by atoms with Gasteiger partial charge in [-0.05, 0) is 29.7 Å². The zero-order valence-corrected chi connectivity index (χ0v) is 11.4. The van der Waals surface area contributed by atoms with Gasteiger partial charge in [-0.25, -0.2) is 4.79 Å². The second-order valence-corrected chi connectivity index (χ2v) is 5.11. The lowest BCUT2D eigenvalue weighted by Crippen LogP contribution is -1.98. The first-order valence-corrected chi connectivity index (χ1v) is 6.73. The summed E-state index contributed by atoms with van der Waals surface area (Å²) in [6.45, 7) is 2.00. The summed E-state index contributed by atoms with van der Waals surface area (Å²) in [7, 11) is 0. The first-order chi connectivity index (χ1) is 10.2. The molecule has 0 amide bonds. The molecule has 0 N–H and O–H groups in total. The average Bonchev–Trinajstić information content (AvgIpc) is 2.86. The van der Waals surface area contributed by atoms with E-state index in [1.165, 1.54) is 0 Å². The summed E-state index contributed by atoms with van der Waals surface area (Å²) >= 11 is 0. The molecule has 2 aromatic heterocycles. The van der Waals surface area contributed by atoms with E-state index in [9.17, 15) is 4.79 Å². The molecule has 2 heterocycles. The highest BCUT2D eigenvalue weighted by molar-refractivity contribution is 6.01. The first kappa shape index (κ1) is 12.0. The Balaban J connectivity index is 2.16. The van der Waals surface area contributed by atoms with E-state index in [-0.39, 0.29) is 5.63 Å². The summed E-state index contributed by atoms with van der Waals surface area (Å²) in [5.41, 5.74) is 3.86. The van der Waals surface area contributed by atoms with Crippen LogP contribution in [0.3, 0.4) is 0 Å². The third-order valence-electron chi connectivity index (χ3n) is 3.72. The van der Waals surface area contributed by atoms with Crippen molar-refractivity contribution >= 4 is 21.9 Å². The van der Waals surface area contributed by atoms with Crippen LogP contribution >= 0.6 is 0 Å². The highest BCUT2D eigenvalue weighted by Gasteiger charge is 2.11. The lowest BCUT2D eigenvalue weighted by Gasteiger charge is -2.05. The molecule has 0 aliphatic rings. The Morgan fingerprint density at radius 3 is 2.52 bits per heavy atom. The Morgan fingerprint density at radius 2 is 1.71 bits per heavy atom. The minimum Gasteiger partial charge on any atom is -0.464 e. The Kier molecular flexibility index (Phi) is 2.48. The first-order valence-electron chi connectivity index (χ1n) is 6.73. The van der Waals surface area contributed by atoms with E-state index in [0.29, 0.717) is 5.58 Å². The van der Waals surface area contributed by atoms with E-state index < -0.39 is 0 Å². The predicted octanol–water partition coefficient (Wildman–Crippen LogP) is 4.51. The fourth-order valence-electron chi connectivity index (χ4n) is 2.67. The minimum absolute atomic E-state index is 0.357. The van der Waals surface area contributed by atoms with E-state index in [4.69, 9.17) is 8.83 Å². The summed E-state index contributed by atoms with van der Waals surface area (Å²) in [4.78, 5) is 11.8. The minimum atomic E-state index is -0.357. The van der Waals surface area contributed by atoms with Crippen molar-refractivity contribution in [1.29, 1.82) is 0 Å². The van der Waals surface area contributed by atoms with E-state index in [1.54, 1.807) is 18.4 Å². The fraction of sp³-hybridized carbons (Fsp3) is 0.0556. The number of benzene rings is 2. The van der Waals surface area contributed by atoms with Gasteiger partial charge >= 0.3 is 5.63 Å². The monoisotopic (exact) mass is 276 g/mol. The second kappa shape index (κ2) is 4.35. The molecule has 0 aliphatic carbocycles. The zero-order chi connectivity index (χ0) is 14.4. The van der Waals surface area contributed by atoms with Gasteiger partial charge in [0, 0.05) is 22.9 Å². The van der Waals surface area contributed by atoms with E-state index in [2.05, 4.69) is 0 Å². The summed E-state index contributed by atoms with van der Waals surface area (Å²) in [6.07, 6.45) is 1.71. The number of hydrogen-bond donors (Lipinski definition) is 0. The van der Waals surface area contributed by atoms with Crippen molar-refractivity contribution in [3.8, 4) is 11.1 Å². The Bertz CT molecular complexity index is 1010. The lowest BCUT2D eigenvalue weighted by atomic mass is 10.0. The number of furan rings is 1. The maximum Gasteiger partial charge on any atom is 0.336 e. The third kappa shape index (κ3) is 1.86. The number of aryl methyl sites for hydroxylation is 1. The van der Waals surface area contributed by atoms with Crippen LogP contribution in [0.25, 0.3) is 33.1 Å². The molecule has 0 atom stereocenters. The van der Waals surface area contributed by atoms with Crippen LogP contribution in [-0.4, -0.2) is 0 Å². The molecule has 0 saturated heterocycles. The maximum absolute atomic E-state index is 11.8. The zero-order valence-electron chi connectivity index (χ0n) is 11.4. The highest BCUT2D eigenvalue weighted by Crippen LogP contribution is 2.32. The van der Waals surface area contributed by atoms with Gasteiger partial charge in [0.15, 0.2) is 0 Å². The Hall–Kier alpha value is -2.81. The molecular weight excluding hydrogens is 264 g/mol. The van der Waals surface area contributed by atoms with Gasteiger partial charge in [-0.1, -0.05) is 30.3 Å². The molecular formula is C18H12O3. The topological polar surface area (TPSA) is 43.4 Å². The number of hydrogen-bond acceptors (Lipinski definition) is 3. The molecule has 0 fully saturated rings. The van der Waals surface area contributed by atoms with E-state index in [1.807, 2.05) is 43.3 Å². The van der Waals surface area contributed by atoms with Gasteiger partial charge in [0.05, 0.1) is 6.26 Å². The van der Waals surface area contributed by atoms with E-state index >= 15 is 0 Å². The normalized spacial score (nSPS) is 11.3. The van der Waals surface area contributed by atoms with Crippen LogP contribution in [0.5, 0.6) is 0 Å². The van der Waals surface area contributed by atoms with Gasteiger partial charge in [-0.3, -0.25) is 0 Å². The lowest BCUT2D eigenvalue weighted by molar-refractivity contribution is 0.559. The summed E-state index contributed by atoms with van der Waals surface area (Å²) in [6, 6.07) is 15.2. The van der Waals surface area contributed by atoms with Crippen molar-refractivity contribution < 1.29 is 8.83 Å². The molecule has 102 valence electrons. The molecule has 0 aliphatic heterocycles. The molecule has 0 unspecified atom stereocenters. The van der Waals surface area contributed by atoms with Gasteiger partial charge in [0.25, 0.3) is 0 Å². The maximum atomic E-state index is 11.8. The van der Waals surface area contributed by atoms with Crippen LogP contribution in [0.4, 0.5) is 0 Å². The van der Waals surface area contributed by atoms with Gasteiger partial charge in [0.2, 0.25) is 0 Å². The SMILES string of the molecule is Cc1coc2cc3oc(=O)cc(-c4ccccc4)c3cc12. The summed E-state index contributed by atoms with van der Waals surface area (Å²) < 4.78 is 10.8. The number of rotatable bonds is 1. The average molecular weight is 276 g/mol. The summed E-state index contributed by atoms with van der Waals surface area (Å²) in [5, 5.41) is 1.95. The van der Waals surface area contributed by atoms with Gasteiger partial charge in [0.1, 0.15) is 11.2 Å². The Morgan fingerprint density at radius 1 is 0.905 bits per heavy atom. The molecule has 3 nitrogen and oxygen atoms in total. The van der Waals surface area contributed by atoms with Crippen molar-refractivity contribution in [2.45, 2.75) is 6.92 Å². The molecule has 0 saturated carbocycles. The molecule has 21 heavy (non-hydrogen) atoms. The Labute approximate surface area is 120 Å². The van der Waals surface area contributed by atoms with Crippen LogP contribution in [0.1, 0.15) is 5.56 Å². The molecule has 0 bridgehead atoms. The molecule has 0 spiro atoms. The van der Waals surface area contributed by atoms with Crippen LogP contribution in [0, 0.1) is 6.92 Å². The van der Waals surface area contributed by atoms with Gasteiger partial charge in [-0.15, -0.1) is 0 Å². The molecule has 2 aromatic carbocycles.